The van der Waals surface area contributed by atoms with E-state index in [0.29, 0.717) is 12.6 Å². The van der Waals surface area contributed by atoms with Gasteiger partial charge in [-0.1, -0.05) is 45.0 Å². The standard InChI is InChI=1S/C23H43N5/c1-7-24-23(26-20(5)13-12-16-28(9-3)10-4)25-18-21-14-11-15-22(17-21)19-27(6)8-2/h11,14-15,17,20H,7-10,12-13,16,18-19H2,1-6H3,(H2,24,25,26). The average Bonchev–Trinajstić information content (AvgIpc) is 2.69. The molecule has 1 atom stereocenters. The molecule has 28 heavy (non-hydrogen) atoms. The molecule has 5 nitrogen and oxygen atoms in total. The molecule has 5 heteroatoms. The Morgan fingerprint density at radius 3 is 2.43 bits per heavy atom. The Kier molecular flexibility index (Phi) is 12.6. The summed E-state index contributed by atoms with van der Waals surface area (Å²) in [5.41, 5.74) is 2.60. The molecular formula is C23H43N5. The molecule has 0 heterocycles. The molecule has 1 aromatic carbocycles. The summed E-state index contributed by atoms with van der Waals surface area (Å²) in [6.07, 6.45) is 2.36. The minimum atomic E-state index is 0.415. The maximum atomic E-state index is 4.81. The lowest BCUT2D eigenvalue weighted by atomic mass is 10.1. The molecule has 0 fully saturated rings. The van der Waals surface area contributed by atoms with Crippen molar-refractivity contribution in [2.24, 2.45) is 4.99 Å². The van der Waals surface area contributed by atoms with Gasteiger partial charge in [0.2, 0.25) is 0 Å². The maximum absolute atomic E-state index is 4.81. The van der Waals surface area contributed by atoms with Gasteiger partial charge in [-0.25, -0.2) is 4.99 Å². The maximum Gasteiger partial charge on any atom is 0.191 e. The number of nitrogens with one attached hydrogen (secondary N) is 2. The van der Waals surface area contributed by atoms with Gasteiger partial charge in [-0.15, -0.1) is 0 Å². The van der Waals surface area contributed by atoms with Crippen molar-refractivity contribution in [3.05, 3.63) is 35.4 Å². The Morgan fingerprint density at radius 1 is 1.07 bits per heavy atom. The van der Waals surface area contributed by atoms with E-state index in [1.807, 2.05) is 0 Å². The van der Waals surface area contributed by atoms with E-state index in [2.05, 4.69) is 86.4 Å². The summed E-state index contributed by atoms with van der Waals surface area (Å²) in [6, 6.07) is 9.18. The monoisotopic (exact) mass is 389 g/mol. The second-order valence-electron chi connectivity index (χ2n) is 7.56. The zero-order valence-corrected chi connectivity index (χ0v) is 19.1. The minimum absolute atomic E-state index is 0.415. The van der Waals surface area contributed by atoms with Crippen LogP contribution in [-0.2, 0) is 13.1 Å². The topological polar surface area (TPSA) is 42.9 Å². The molecule has 0 saturated heterocycles. The van der Waals surface area contributed by atoms with Crippen LogP contribution in [0.15, 0.2) is 29.3 Å². The van der Waals surface area contributed by atoms with Crippen LogP contribution in [0.4, 0.5) is 0 Å². The van der Waals surface area contributed by atoms with Crippen molar-refractivity contribution in [1.82, 2.24) is 20.4 Å². The van der Waals surface area contributed by atoms with Gasteiger partial charge in [0.25, 0.3) is 0 Å². The molecule has 0 amide bonds. The van der Waals surface area contributed by atoms with Gasteiger partial charge in [-0.3, -0.25) is 0 Å². The minimum Gasteiger partial charge on any atom is -0.357 e. The molecular weight excluding hydrogens is 346 g/mol. The van der Waals surface area contributed by atoms with E-state index < -0.39 is 0 Å². The third-order valence-electron chi connectivity index (χ3n) is 5.14. The average molecular weight is 390 g/mol. The van der Waals surface area contributed by atoms with E-state index in [0.717, 1.165) is 45.1 Å². The first-order valence-electron chi connectivity index (χ1n) is 11.1. The molecule has 1 rings (SSSR count). The molecule has 0 aromatic heterocycles. The summed E-state index contributed by atoms with van der Waals surface area (Å²) < 4.78 is 0. The number of rotatable bonds is 13. The molecule has 0 saturated carbocycles. The van der Waals surface area contributed by atoms with Gasteiger partial charge in [-0.05, 0) is 71.0 Å². The molecule has 0 aliphatic heterocycles. The first-order chi connectivity index (χ1) is 13.5. The van der Waals surface area contributed by atoms with Crippen molar-refractivity contribution >= 4 is 5.96 Å². The predicted octanol–water partition coefficient (Wildman–Crippen LogP) is 3.70. The smallest absolute Gasteiger partial charge is 0.191 e. The molecule has 1 unspecified atom stereocenters. The van der Waals surface area contributed by atoms with E-state index in [-0.39, 0.29) is 0 Å². The third kappa shape index (κ3) is 10.1. The number of guanidine groups is 1. The van der Waals surface area contributed by atoms with Crippen LogP contribution in [0.5, 0.6) is 0 Å². The molecule has 0 aliphatic carbocycles. The number of benzene rings is 1. The Balaban J connectivity index is 2.58. The lowest BCUT2D eigenvalue weighted by Crippen LogP contribution is -2.42. The van der Waals surface area contributed by atoms with Crippen LogP contribution in [0.1, 0.15) is 58.6 Å². The first-order valence-corrected chi connectivity index (χ1v) is 11.1. The van der Waals surface area contributed by atoms with Crippen LogP contribution in [-0.4, -0.2) is 61.6 Å². The van der Waals surface area contributed by atoms with Gasteiger partial charge < -0.3 is 20.4 Å². The van der Waals surface area contributed by atoms with Gasteiger partial charge >= 0.3 is 0 Å². The molecule has 2 N–H and O–H groups in total. The molecule has 160 valence electrons. The third-order valence-corrected chi connectivity index (χ3v) is 5.14. The van der Waals surface area contributed by atoms with Gasteiger partial charge in [0, 0.05) is 19.1 Å². The van der Waals surface area contributed by atoms with Crippen molar-refractivity contribution in [3.63, 3.8) is 0 Å². The SMILES string of the molecule is CCNC(=NCc1cccc(CN(C)CC)c1)NC(C)CCCN(CC)CC. The van der Waals surface area contributed by atoms with Crippen LogP contribution >= 0.6 is 0 Å². The van der Waals surface area contributed by atoms with E-state index in [1.54, 1.807) is 0 Å². The quantitative estimate of drug-likeness (QED) is 0.399. The number of nitrogens with zero attached hydrogens (tertiary/aromatic N) is 3. The zero-order chi connectivity index (χ0) is 20.8. The lowest BCUT2D eigenvalue weighted by molar-refractivity contribution is 0.292. The van der Waals surface area contributed by atoms with Crippen molar-refractivity contribution < 1.29 is 0 Å². The number of hydrogen-bond acceptors (Lipinski definition) is 3. The number of aliphatic imine (C=N–C) groups is 1. The van der Waals surface area contributed by atoms with Gasteiger partial charge in [0.05, 0.1) is 6.54 Å². The van der Waals surface area contributed by atoms with Crippen molar-refractivity contribution in [2.75, 3.05) is 39.8 Å². The second-order valence-corrected chi connectivity index (χ2v) is 7.56. The van der Waals surface area contributed by atoms with Crippen LogP contribution in [0.25, 0.3) is 0 Å². The lowest BCUT2D eigenvalue weighted by Gasteiger charge is -2.21. The molecule has 0 bridgehead atoms. The van der Waals surface area contributed by atoms with E-state index in [4.69, 9.17) is 4.99 Å². The summed E-state index contributed by atoms with van der Waals surface area (Å²) in [5.74, 6) is 0.911. The normalized spacial score (nSPS) is 13.2. The van der Waals surface area contributed by atoms with E-state index in [1.165, 1.54) is 24.1 Å². The number of hydrogen-bond donors (Lipinski definition) is 2. The van der Waals surface area contributed by atoms with Crippen LogP contribution in [0, 0.1) is 0 Å². The fraction of sp³-hybridized carbons (Fsp3) is 0.696. The molecule has 0 radical (unpaired) electrons. The highest BCUT2D eigenvalue weighted by Gasteiger charge is 2.07. The summed E-state index contributed by atoms with van der Waals surface area (Å²) in [5, 5.41) is 6.95. The summed E-state index contributed by atoms with van der Waals surface area (Å²) in [7, 11) is 2.15. The van der Waals surface area contributed by atoms with Gasteiger partial charge in [0.15, 0.2) is 5.96 Å². The highest BCUT2D eigenvalue weighted by atomic mass is 15.2. The van der Waals surface area contributed by atoms with Crippen LogP contribution in [0.2, 0.25) is 0 Å². The molecule has 1 aromatic rings. The largest absolute Gasteiger partial charge is 0.357 e. The van der Waals surface area contributed by atoms with E-state index >= 15 is 0 Å². The Labute approximate surface area is 173 Å². The summed E-state index contributed by atoms with van der Waals surface area (Å²) >= 11 is 0. The van der Waals surface area contributed by atoms with E-state index in [9.17, 15) is 0 Å². The summed E-state index contributed by atoms with van der Waals surface area (Å²) in [6.45, 7) is 18.1. The summed E-state index contributed by atoms with van der Waals surface area (Å²) in [4.78, 5) is 9.60. The predicted molar refractivity (Wildman–Crippen MR) is 123 cm³/mol. The Morgan fingerprint density at radius 2 is 1.79 bits per heavy atom. The van der Waals surface area contributed by atoms with Crippen LogP contribution in [0.3, 0.4) is 0 Å². The van der Waals surface area contributed by atoms with Crippen LogP contribution < -0.4 is 10.6 Å². The highest BCUT2D eigenvalue weighted by molar-refractivity contribution is 5.80. The zero-order valence-electron chi connectivity index (χ0n) is 19.1. The van der Waals surface area contributed by atoms with Gasteiger partial charge in [-0.2, -0.15) is 0 Å². The van der Waals surface area contributed by atoms with Crippen molar-refractivity contribution in [1.29, 1.82) is 0 Å². The second kappa shape index (κ2) is 14.4. The fourth-order valence-corrected chi connectivity index (χ4v) is 3.21. The fourth-order valence-electron chi connectivity index (χ4n) is 3.21. The molecule has 0 spiro atoms. The highest BCUT2D eigenvalue weighted by Crippen LogP contribution is 2.09. The Hall–Kier alpha value is -1.59. The Bertz CT molecular complexity index is 554. The first kappa shape index (κ1) is 24.4. The molecule has 0 aliphatic rings. The van der Waals surface area contributed by atoms with Crippen molar-refractivity contribution in [2.45, 2.75) is 66.6 Å². The van der Waals surface area contributed by atoms with Crippen molar-refractivity contribution in [3.8, 4) is 0 Å². The van der Waals surface area contributed by atoms with Gasteiger partial charge in [0.1, 0.15) is 0 Å².